The second-order valence-electron chi connectivity index (χ2n) is 5.12. The summed E-state index contributed by atoms with van der Waals surface area (Å²) in [5.41, 5.74) is 2.40. The van der Waals surface area contributed by atoms with E-state index in [1.807, 2.05) is 0 Å². The monoisotopic (exact) mass is 259 g/mol. The highest BCUT2D eigenvalue weighted by molar-refractivity contribution is 5.75. The number of nitrogens with zero attached hydrogens (tertiary/aromatic N) is 2. The van der Waals surface area contributed by atoms with Gasteiger partial charge in [-0.1, -0.05) is 26.0 Å². The number of imidazole rings is 1. The lowest BCUT2D eigenvalue weighted by Gasteiger charge is -2.13. The average molecular weight is 259 g/mol. The van der Waals surface area contributed by atoms with Gasteiger partial charge < -0.3 is 9.88 Å². The SMILES string of the molecule is CCNC(C)CCCn1c(CC)nc2ccccc21. The molecule has 0 amide bonds. The van der Waals surface area contributed by atoms with Gasteiger partial charge in [-0.2, -0.15) is 0 Å². The van der Waals surface area contributed by atoms with Gasteiger partial charge in [-0.15, -0.1) is 0 Å². The van der Waals surface area contributed by atoms with Crippen molar-refractivity contribution in [1.29, 1.82) is 0 Å². The van der Waals surface area contributed by atoms with Crippen molar-refractivity contribution in [2.24, 2.45) is 0 Å². The summed E-state index contributed by atoms with van der Waals surface area (Å²) < 4.78 is 2.38. The van der Waals surface area contributed by atoms with E-state index in [-0.39, 0.29) is 0 Å². The van der Waals surface area contributed by atoms with Gasteiger partial charge in [0.2, 0.25) is 0 Å². The molecule has 3 heteroatoms. The molecule has 0 bridgehead atoms. The van der Waals surface area contributed by atoms with Crippen LogP contribution in [0.4, 0.5) is 0 Å². The van der Waals surface area contributed by atoms with Crippen LogP contribution in [-0.2, 0) is 13.0 Å². The highest BCUT2D eigenvalue weighted by Gasteiger charge is 2.08. The minimum absolute atomic E-state index is 0.602. The first-order chi connectivity index (χ1) is 9.26. The molecule has 1 heterocycles. The number of benzene rings is 1. The highest BCUT2D eigenvalue weighted by Crippen LogP contribution is 2.17. The van der Waals surface area contributed by atoms with Gasteiger partial charge in [0.1, 0.15) is 5.82 Å². The lowest BCUT2D eigenvalue weighted by atomic mass is 10.2. The Bertz CT molecular complexity index is 516. The summed E-state index contributed by atoms with van der Waals surface area (Å²) in [6.45, 7) is 8.72. The van der Waals surface area contributed by atoms with E-state index in [2.05, 4.69) is 54.9 Å². The largest absolute Gasteiger partial charge is 0.328 e. The summed E-state index contributed by atoms with van der Waals surface area (Å²) in [5, 5.41) is 3.47. The number of fused-ring (bicyclic) bond motifs is 1. The topological polar surface area (TPSA) is 29.9 Å². The quantitative estimate of drug-likeness (QED) is 0.826. The zero-order valence-corrected chi connectivity index (χ0v) is 12.3. The Morgan fingerprint density at radius 1 is 1.26 bits per heavy atom. The molecule has 0 radical (unpaired) electrons. The van der Waals surface area contributed by atoms with Crippen molar-refractivity contribution in [2.75, 3.05) is 6.54 Å². The Morgan fingerprint density at radius 3 is 2.79 bits per heavy atom. The Kier molecular flexibility index (Phi) is 4.97. The number of rotatable bonds is 7. The van der Waals surface area contributed by atoms with Gasteiger partial charge in [-0.05, 0) is 38.4 Å². The van der Waals surface area contributed by atoms with Gasteiger partial charge in [0, 0.05) is 19.0 Å². The molecule has 19 heavy (non-hydrogen) atoms. The van der Waals surface area contributed by atoms with E-state index in [0.717, 1.165) is 25.0 Å². The summed E-state index contributed by atoms with van der Waals surface area (Å²) in [6.07, 6.45) is 3.41. The summed E-state index contributed by atoms with van der Waals surface area (Å²) in [6, 6.07) is 9.04. The van der Waals surface area contributed by atoms with E-state index in [0.29, 0.717) is 6.04 Å². The van der Waals surface area contributed by atoms with Crippen LogP contribution in [0.25, 0.3) is 11.0 Å². The fourth-order valence-corrected chi connectivity index (χ4v) is 2.65. The molecule has 0 aliphatic rings. The maximum absolute atomic E-state index is 4.71. The van der Waals surface area contributed by atoms with Gasteiger partial charge in [-0.3, -0.25) is 0 Å². The maximum atomic E-state index is 4.71. The molecule has 1 N–H and O–H groups in total. The third-order valence-electron chi connectivity index (χ3n) is 3.62. The first-order valence-electron chi connectivity index (χ1n) is 7.43. The summed E-state index contributed by atoms with van der Waals surface area (Å²) >= 11 is 0. The van der Waals surface area contributed by atoms with E-state index in [1.54, 1.807) is 0 Å². The summed E-state index contributed by atoms with van der Waals surface area (Å²) in [5.74, 6) is 1.21. The van der Waals surface area contributed by atoms with Crippen LogP contribution in [0, 0.1) is 0 Å². The second-order valence-corrected chi connectivity index (χ2v) is 5.12. The van der Waals surface area contributed by atoms with Crippen molar-refractivity contribution >= 4 is 11.0 Å². The van der Waals surface area contributed by atoms with Crippen LogP contribution in [0.5, 0.6) is 0 Å². The predicted octanol–water partition coefficient (Wildman–Crippen LogP) is 3.38. The standard InChI is InChI=1S/C16H25N3/c1-4-16-18-14-10-6-7-11-15(14)19(16)12-8-9-13(3)17-5-2/h6-7,10-11,13,17H,4-5,8-9,12H2,1-3H3. The van der Waals surface area contributed by atoms with Gasteiger partial charge in [0.15, 0.2) is 0 Å². The molecular formula is C16H25N3. The second kappa shape index (κ2) is 6.71. The molecule has 1 unspecified atom stereocenters. The molecule has 1 atom stereocenters. The van der Waals surface area contributed by atoms with E-state index in [1.165, 1.54) is 24.2 Å². The lowest BCUT2D eigenvalue weighted by molar-refractivity contribution is 0.485. The molecule has 0 saturated heterocycles. The Morgan fingerprint density at radius 2 is 2.05 bits per heavy atom. The average Bonchev–Trinajstić information content (AvgIpc) is 2.77. The van der Waals surface area contributed by atoms with E-state index >= 15 is 0 Å². The number of hydrogen-bond donors (Lipinski definition) is 1. The normalized spacial score (nSPS) is 13.0. The molecule has 0 aliphatic heterocycles. The molecule has 2 aromatic rings. The van der Waals surface area contributed by atoms with E-state index in [4.69, 9.17) is 4.98 Å². The van der Waals surface area contributed by atoms with Gasteiger partial charge >= 0.3 is 0 Å². The third kappa shape index (κ3) is 3.35. The van der Waals surface area contributed by atoms with Crippen LogP contribution in [0.2, 0.25) is 0 Å². The first kappa shape index (κ1) is 14.1. The number of hydrogen-bond acceptors (Lipinski definition) is 2. The van der Waals surface area contributed by atoms with Crippen molar-refractivity contribution in [3.05, 3.63) is 30.1 Å². The van der Waals surface area contributed by atoms with Crippen LogP contribution in [0.1, 0.15) is 39.4 Å². The molecular weight excluding hydrogens is 234 g/mol. The summed E-state index contributed by atoms with van der Waals surface area (Å²) in [7, 11) is 0. The molecule has 0 fully saturated rings. The Balaban J connectivity index is 2.06. The number of aryl methyl sites for hydroxylation is 2. The van der Waals surface area contributed by atoms with E-state index < -0.39 is 0 Å². The zero-order chi connectivity index (χ0) is 13.7. The Labute approximate surface area is 116 Å². The minimum atomic E-state index is 0.602. The maximum Gasteiger partial charge on any atom is 0.109 e. The van der Waals surface area contributed by atoms with E-state index in [9.17, 15) is 0 Å². The van der Waals surface area contributed by atoms with Crippen molar-refractivity contribution in [3.63, 3.8) is 0 Å². The number of nitrogens with one attached hydrogen (secondary N) is 1. The molecule has 1 aromatic heterocycles. The molecule has 0 spiro atoms. The van der Waals surface area contributed by atoms with Crippen molar-refractivity contribution in [1.82, 2.24) is 14.9 Å². The fourth-order valence-electron chi connectivity index (χ4n) is 2.65. The molecule has 0 aliphatic carbocycles. The smallest absolute Gasteiger partial charge is 0.109 e. The molecule has 1 aromatic carbocycles. The van der Waals surface area contributed by atoms with Gasteiger partial charge in [0.05, 0.1) is 11.0 Å². The lowest BCUT2D eigenvalue weighted by Crippen LogP contribution is -2.25. The third-order valence-corrected chi connectivity index (χ3v) is 3.62. The molecule has 104 valence electrons. The zero-order valence-electron chi connectivity index (χ0n) is 12.3. The van der Waals surface area contributed by atoms with Crippen LogP contribution in [0.3, 0.4) is 0 Å². The predicted molar refractivity (Wildman–Crippen MR) is 81.5 cm³/mol. The van der Waals surface area contributed by atoms with Crippen LogP contribution < -0.4 is 5.32 Å². The van der Waals surface area contributed by atoms with Crippen LogP contribution >= 0.6 is 0 Å². The number of aromatic nitrogens is 2. The van der Waals surface area contributed by atoms with Crippen molar-refractivity contribution in [3.8, 4) is 0 Å². The summed E-state index contributed by atoms with van der Waals surface area (Å²) in [4.78, 5) is 4.71. The molecule has 3 nitrogen and oxygen atoms in total. The van der Waals surface area contributed by atoms with Crippen LogP contribution in [-0.4, -0.2) is 22.1 Å². The number of para-hydroxylation sites is 2. The fraction of sp³-hybridized carbons (Fsp3) is 0.562. The van der Waals surface area contributed by atoms with Gasteiger partial charge in [-0.25, -0.2) is 4.98 Å². The Hall–Kier alpha value is -1.35. The van der Waals surface area contributed by atoms with Gasteiger partial charge in [0.25, 0.3) is 0 Å². The van der Waals surface area contributed by atoms with Crippen molar-refractivity contribution in [2.45, 2.75) is 52.6 Å². The van der Waals surface area contributed by atoms with Crippen molar-refractivity contribution < 1.29 is 0 Å². The first-order valence-corrected chi connectivity index (χ1v) is 7.43. The molecule has 0 saturated carbocycles. The molecule has 2 rings (SSSR count). The van der Waals surface area contributed by atoms with Crippen LogP contribution in [0.15, 0.2) is 24.3 Å². The minimum Gasteiger partial charge on any atom is -0.328 e. The highest BCUT2D eigenvalue weighted by atomic mass is 15.1.